The largest absolute Gasteiger partial charge is 0.508 e. The first kappa shape index (κ1) is 18.5. The molecule has 0 fully saturated rings. The molecule has 0 saturated carbocycles. The quantitative estimate of drug-likeness (QED) is 0.639. The number of aryl methyl sites for hydroxylation is 1. The molecule has 3 N–H and O–H groups in total. The summed E-state index contributed by atoms with van der Waals surface area (Å²) in [4.78, 5) is 0. The highest BCUT2D eigenvalue weighted by atomic mass is 16.5. The standard InChI is InChI=1S/C22H27NO3/c1-2-5-16-6-3-4-7-22(16)26-15-21(25)14-23-19-10-8-18-13-20(24)11-9-17(18)12-19/h2-4,6-7,9,11,13,19,21,23-25H,1,5,8,10,12,14-15H2. The normalized spacial score (nSPS) is 17.3. The number of ether oxygens (including phenoxy) is 1. The van der Waals surface area contributed by atoms with E-state index < -0.39 is 6.10 Å². The molecule has 26 heavy (non-hydrogen) atoms. The second-order valence-electron chi connectivity index (χ2n) is 6.87. The fraction of sp³-hybridized carbons (Fsp3) is 0.364. The van der Waals surface area contributed by atoms with Crippen molar-refractivity contribution in [3.8, 4) is 11.5 Å². The van der Waals surface area contributed by atoms with Crippen molar-refractivity contribution in [2.24, 2.45) is 0 Å². The van der Waals surface area contributed by atoms with E-state index in [1.165, 1.54) is 11.1 Å². The van der Waals surface area contributed by atoms with Gasteiger partial charge in [-0.2, -0.15) is 0 Å². The second-order valence-corrected chi connectivity index (χ2v) is 6.87. The number of para-hydroxylation sites is 1. The van der Waals surface area contributed by atoms with Gasteiger partial charge >= 0.3 is 0 Å². The van der Waals surface area contributed by atoms with E-state index in [4.69, 9.17) is 4.74 Å². The van der Waals surface area contributed by atoms with E-state index in [9.17, 15) is 10.2 Å². The highest BCUT2D eigenvalue weighted by molar-refractivity contribution is 5.37. The van der Waals surface area contributed by atoms with Crippen molar-refractivity contribution in [3.05, 3.63) is 71.8 Å². The van der Waals surface area contributed by atoms with Crippen molar-refractivity contribution in [3.63, 3.8) is 0 Å². The Balaban J connectivity index is 1.45. The van der Waals surface area contributed by atoms with Gasteiger partial charge in [-0.15, -0.1) is 6.58 Å². The lowest BCUT2D eigenvalue weighted by molar-refractivity contribution is 0.102. The van der Waals surface area contributed by atoms with E-state index in [-0.39, 0.29) is 6.61 Å². The summed E-state index contributed by atoms with van der Waals surface area (Å²) in [6.07, 6.45) is 4.91. The number of phenolic OH excluding ortho intramolecular Hbond substituents is 1. The van der Waals surface area contributed by atoms with Gasteiger partial charge in [0.25, 0.3) is 0 Å². The Hall–Kier alpha value is -2.30. The molecule has 0 aromatic heterocycles. The third-order valence-electron chi connectivity index (χ3n) is 4.83. The van der Waals surface area contributed by atoms with E-state index in [1.54, 1.807) is 6.07 Å². The van der Waals surface area contributed by atoms with E-state index in [0.29, 0.717) is 18.3 Å². The Labute approximate surface area is 155 Å². The monoisotopic (exact) mass is 353 g/mol. The summed E-state index contributed by atoms with van der Waals surface area (Å²) in [5, 5.41) is 23.3. The maximum absolute atomic E-state index is 10.3. The molecule has 4 heteroatoms. The smallest absolute Gasteiger partial charge is 0.122 e. The lowest BCUT2D eigenvalue weighted by atomic mass is 9.88. The van der Waals surface area contributed by atoms with Gasteiger partial charge in [0.15, 0.2) is 0 Å². The molecule has 2 atom stereocenters. The van der Waals surface area contributed by atoms with Crippen LogP contribution in [0.4, 0.5) is 0 Å². The van der Waals surface area contributed by atoms with Crippen molar-refractivity contribution in [1.29, 1.82) is 0 Å². The zero-order chi connectivity index (χ0) is 18.4. The Kier molecular flexibility index (Phi) is 6.31. The minimum Gasteiger partial charge on any atom is -0.508 e. The first-order valence-electron chi connectivity index (χ1n) is 9.19. The number of allylic oxidation sites excluding steroid dienone is 1. The van der Waals surface area contributed by atoms with Crippen LogP contribution in [0.5, 0.6) is 11.5 Å². The molecule has 138 valence electrons. The van der Waals surface area contributed by atoms with Gasteiger partial charge in [-0.05, 0) is 60.6 Å². The van der Waals surface area contributed by atoms with E-state index in [2.05, 4.69) is 11.9 Å². The summed E-state index contributed by atoms with van der Waals surface area (Å²) in [7, 11) is 0. The predicted octanol–water partition coefficient (Wildman–Crippen LogP) is 3.01. The van der Waals surface area contributed by atoms with Crippen LogP contribution in [0, 0.1) is 0 Å². The molecule has 0 saturated heterocycles. The van der Waals surface area contributed by atoms with Crippen LogP contribution in [0.3, 0.4) is 0 Å². The number of nitrogens with one attached hydrogen (secondary N) is 1. The summed E-state index contributed by atoms with van der Waals surface area (Å²) < 4.78 is 5.80. The summed E-state index contributed by atoms with van der Waals surface area (Å²) in [6.45, 7) is 4.53. The molecule has 2 unspecified atom stereocenters. The first-order valence-corrected chi connectivity index (χ1v) is 9.19. The Bertz CT molecular complexity index is 744. The molecular weight excluding hydrogens is 326 g/mol. The van der Waals surface area contributed by atoms with Crippen LogP contribution in [-0.4, -0.2) is 35.5 Å². The minimum absolute atomic E-state index is 0.262. The highest BCUT2D eigenvalue weighted by Crippen LogP contribution is 2.25. The van der Waals surface area contributed by atoms with Crippen LogP contribution in [0.1, 0.15) is 23.1 Å². The van der Waals surface area contributed by atoms with Gasteiger partial charge in [-0.3, -0.25) is 0 Å². The minimum atomic E-state index is -0.562. The van der Waals surface area contributed by atoms with Crippen molar-refractivity contribution in [2.75, 3.05) is 13.2 Å². The topological polar surface area (TPSA) is 61.7 Å². The Morgan fingerprint density at radius 3 is 2.92 bits per heavy atom. The van der Waals surface area contributed by atoms with Crippen LogP contribution in [0.2, 0.25) is 0 Å². The van der Waals surface area contributed by atoms with Gasteiger partial charge < -0.3 is 20.3 Å². The van der Waals surface area contributed by atoms with Crippen molar-refractivity contribution < 1.29 is 14.9 Å². The maximum Gasteiger partial charge on any atom is 0.122 e. The SMILES string of the molecule is C=CCc1ccccc1OCC(O)CNC1CCc2cc(O)ccc2C1. The van der Waals surface area contributed by atoms with Gasteiger partial charge in [-0.25, -0.2) is 0 Å². The number of hydrogen-bond acceptors (Lipinski definition) is 4. The number of aliphatic hydroxyl groups excluding tert-OH is 1. The molecule has 0 radical (unpaired) electrons. The van der Waals surface area contributed by atoms with Gasteiger partial charge in [0.05, 0.1) is 0 Å². The maximum atomic E-state index is 10.3. The summed E-state index contributed by atoms with van der Waals surface area (Å²) in [5.74, 6) is 1.14. The number of hydrogen-bond donors (Lipinski definition) is 3. The second kappa shape index (κ2) is 8.88. The average Bonchev–Trinajstić information content (AvgIpc) is 2.66. The van der Waals surface area contributed by atoms with E-state index >= 15 is 0 Å². The number of benzene rings is 2. The number of aromatic hydroxyl groups is 1. The molecule has 0 amide bonds. The predicted molar refractivity (Wildman–Crippen MR) is 104 cm³/mol. The summed E-state index contributed by atoms with van der Waals surface area (Å²) in [6, 6.07) is 13.8. The van der Waals surface area contributed by atoms with Gasteiger partial charge in [0.2, 0.25) is 0 Å². The molecule has 2 aromatic rings. The van der Waals surface area contributed by atoms with Gasteiger partial charge in [0.1, 0.15) is 24.2 Å². The van der Waals surface area contributed by atoms with Gasteiger partial charge in [0, 0.05) is 12.6 Å². The molecule has 2 aromatic carbocycles. The third kappa shape index (κ3) is 4.87. The van der Waals surface area contributed by atoms with Crippen LogP contribution < -0.4 is 10.1 Å². The van der Waals surface area contributed by atoms with E-state index in [1.807, 2.05) is 42.5 Å². The average molecular weight is 353 g/mol. The summed E-state index contributed by atoms with van der Waals surface area (Å²) >= 11 is 0. The molecule has 0 aliphatic heterocycles. The lowest BCUT2D eigenvalue weighted by Gasteiger charge is -2.26. The number of aliphatic hydroxyl groups is 1. The molecule has 0 bridgehead atoms. The highest BCUT2D eigenvalue weighted by Gasteiger charge is 2.19. The van der Waals surface area contributed by atoms with Crippen LogP contribution in [-0.2, 0) is 19.3 Å². The molecule has 0 spiro atoms. The Morgan fingerprint density at radius 2 is 2.08 bits per heavy atom. The third-order valence-corrected chi connectivity index (χ3v) is 4.83. The van der Waals surface area contributed by atoms with Crippen molar-refractivity contribution in [2.45, 2.75) is 37.8 Å². The molecule has 1 aliphatic rings. The zero-order valence-electron chi connectivity index (χ0n) is 15.0. The molecule has 1 aliphatic carbocycles. The molecule has 3 rings (SSSR count). The fourth-order valence-corrected chi connectivity index (χ4v) is 3.43. The number of phenols is 1. The number of rotatable bonds is 8. The molecule has 0 heterocycles. The van der Waals surface area contributed by atoms with Crippen LogP contribution in [0.15, 0.2) is 55.1 Å². The first-order chi connectivity index (χ1) is 12.7. The Morgan fingerprint density at radius 1 is 1.23 bits per heavy atom. The van der Waals surface area contributed by atoms with Gasteiger partial charge in [-0.1, -0.05) is 30.3 Å². The van der Waals surface area contributed by atoms with Crippen molar-refractivity contribution in [1.82, 2.24) is 5.32 Å². The lowest BCUT2D eigenvalue weighted by Crippen LogP contribution is -2.40. The van der Waals surface area contributed by atoms with Crippen LogP contribution in [0.25, 0.3) is 0 Å². The van der Waals surface area contributed by atoms with E-state index in [0.717, 1.165) is 37.0 Å². The van der Waals surface area contributed by atoms with Crippen molar-refractivity contribution >= 4 is 0 Å². The molecular formula is C22H27NO3. The number of fused-ring (bicyclic) bond motifs is 1. The fourth-order valence-electron chi connectivity index (χ4n) is 3.43. The summed E-state index contributed by atoms with van der Waals surface area (Å²) in [5.41, 5.74) is 3.58. The zero-order valence-corrected chi connectivity index (χ0v) is 15.0. The van der Waals surface area contributed by atoms with Crippen LogP contribution >= 0.6 is 0 Å². The molecule has 4 nitrogen and oxygen atoms in total.